The molecule has 0 aliphatic heterocycles. The minimum absolute atomic E-state index is 0.103. The summed E-state index contributed by atoms with van der Waals surface area (Å²) in [6.45, 7) is 4.65. The van der Waals surface area contributed by atoms with Crippen LogP contribution in [-0.2, 0) is 4.74 Å². The summed E-state index contributed by atoms with van der Waals surface area (Å²) in [6.07, 6.45) is 13.2. The molecule has 0 radical (unpaired) electrons. The number of methoxy groups -OCH3 is 1. The van der Waals surface area contributed by atoms with Gasteiger partial charge >= 0.3 is 0 Å². The smallest absolute Gasteiger partial charge is 0.0831 e. The molecule has 0 amide bonds. The first-order valence-electron chi connectivity index (χ1n) is 8.41. The van der Waals surface area contributed by atoms with E-state index in [2.05, 4.69) is 26.2 Å². The molecule has 114 valence electrons. The average molecular weight is 269 g/mol. The van der Waals surface area contributed by atoms with Gasteiger partial charge in [-0.2, -0.15) is 0 Å². The summed E-state index contributed by atoms with van der Waals surface area (Å²) in [5.74, 6) is 0.880. The van der Waals surface area contributed by atoms with Gasteiger partial charge in [0.05, 0.1) is 5.60 Å². The quantitative estimate of drug-likeness (QED) is 0.621. The molecular formula is C17H35NO. The van der Waals surface area contributed by atoms with Crippen molar-refractivity contribution in [2.24, 2.45) is 5.92 Å². The maximum atomic E-state index is 6.00. The minimum Gasteiger partial charge on any atom is -0.377 e. The normalized spacial score (nSPS) is 29.4. The van der Waals surface area contributed by atoms with Gasteiger partial charge in [-0.25, -0.2) is 0 Å². The lowest BCUT2D eigenvalue weighted by Gasteiger charge is -2.44. The molecule has 19 heavy (non-hydrogen) atoms. The van der Waals surface area contributed by atoms with Crippen LogP contribution in [0.1, 0.15) is 78.1 Å². The third kappa shape index (κ3) is 5.07. The zero-order valence-corrected chi connectivity index (χ0v) is 13.6. The van der Waals surface area contributed by atoms with Gasteiger partial charge in [0, 0.05) is 13.2 Å². The highest BCUT2D eigenvalue weighted by molar-refractivity contribution is 4.95. The SMILES string of the molecule is CCCCCCCC(NC)C1(OC)CCC(C)CC1. The second-order valence-corrected chi connectivity index (χ2v) is 6.50. The van der Waals surface area contributed by atoms with Crippen molar-refractivity contribution in [3.05, 3.63) is 0 Å². The lowest BCUT2D eigenvalue weighted by molar-refractivity contribution is -0.0753. The number of nitrogens with one attached hydrogen (secondary N) is 1. The summed E-state index contributed by atoms with van der Waals surface area (Å²) in [5.41, 5.74) is 0.103. The molecule has 1 saturated carbocycles. The molecule has 2 nitrogen and oxygen atoms in total. The fourth-order valence-corrected chi connectivity index (χ4v) is 3.57. The van der Waals surface area contributed by atoms with E-state index in [4.69, 9.17) is 4.74 Å². The van der Waals surface area contributed by atoms with Crippen LogP contribution in [0.4, 0.5) is 0 Å². The van der Waals surface area contributed by atoms with Crippen molar-refractivity contribution >= 4 is 0 Å². The Kier molecular flexibility index (Phi) is 8.01. The van der Waals surface area contributed by atoms with E-state index in [-0.39, 0.29) is 5.60 Å². The average Bonchev–Trinajstić information content (AvgIpc) is 2.44. The number of likely N-dealkylation sites (N-methyl/N-ethyl adjacent to an activating group) is 1. The first kappa shape index (κ1) is 17.0. The Morgan fingerprint density at radius 3 is 2.32 bits per heavy atom. The fourth-order valence-electron chi connectivity index (χ4n) is 3.57. The molecule has 1 fully saturated rings. The number of hydrogen-bond donors (Lipinski definition) is 1. The van der Waals surface area contributed by atoms with Crippen LogP contribution < -0.4 is 5.32 Å². The van der Waals surface area contributed by atoms with Crippen molar-refractivity contribution in [3.63, 3.8) is 0 Å². The fraction of sp³-hybridized carbons (Fsp3) is 1.00. The maximum Gasteiger partial charge on any atom is 0.0831 e. The van der Waals surface area contributed by atoms with Gasteiger partial charge in [0.15, 0.2) is 0 Å². The summed E-state index contributed by atoms with van der Waals surface area (Å²) in [7, 11) is 4.02. The molecule has 1 unspecified atom stereocenters. The highest BCUT2D eigenvalue weighted by Crippen LogP contribution is 2.38. The van der Waals surface area contributed by atoms with Gasteiger partial charge in [-0.1, -0.05) is 46.0 Å². The van der Waals surface area contributed by atoms with Gasteiger partial charge < -0.3 is 10.1 Å². The molecule has 0 spiro atoms. The Labute approximate surface area is 120 Å². The number of hydrogen-bond acceptors (Lipinski definition) is 2. The van der Waals surface area contributed by atoms with Crippen LogP contribution in [0.3, 0.4) is 0 Å². The molecule has 0 aromatic rings. The van der Waals surface area contributed by atoms with Crippen LogP contribution in [0.25, 0.3) is 0 Å². The number of rotatable bonds is 9. The van der Waals surface area contributed by atoms with E-state index in [1.54, 1.807) is 0 Å². The van der Waals surface area contributed by atoms with Crippen molar-refractivity contribution in [2.75, 3.05) is 14.2 Å². The van der Waals surface area contributed by atoms with E-state index in [0.29, 0.717) is 6.04 Å². The van der Waals surface area contributed by atoms with Gasteiger partial charge in [-0.05, 0) is 45.1 Å². The van der Waals surface area contributed by atoms with Gasteiger partial charge in [0.2, 0.25) is 0 Å². The van der Waals surface area contributed by atoms with Crippen molar-refractivity contribution in [1.29, 1.82) is 0 Å². The molecule has 1 rings (SSSR count). The highest BCUT2D eigenvalue weighted by Gasteiger charge is 2.40. The first-order chi connectivity index (χ1) is 9.18. The standard InChI is InChI=1S/C17H35NO/c1-5-6-7-8-9-10-16(18-3)17(19-4)13-11-15(2)12-14-17/h15-16,18H,5-14H2,1-4H3. The molecule has 1 aliphatic carbocycles. The summed E-state index contributed by atoms with van der Waals surface area (Å²) in [6, 6.07) is 0.534. The number of ether oxygens (including phenoxy) is 1. The van der Waals surface area contributed by atoms with Crippen LogP contribution >= 0.6 is 0 Å². The molecule has 0 heterocycles. The van der Waals surface area contributed by atoms with E-state index in [1.807, 2.05) is 7.11 Å². The van der Waals surface area contributed by atoms with Crippen molar-refractivity contribution in [2.45, 2.75) is 89.7 Å². The summed E-state index contributed by atoms with van der Waals surface area (Å²) in [4.78, 5) is 0. The molecule has 1 aliphatic rings. The second kappa shape index (κ2) is 8.97. The predicted molar refractivity (Wildman–Crippen MR) is 83.6 cm³/mol. The van der Waals surface area contributed by atoms with E-state index in [9.17, 15) is 0 Å². The lowest BCUT2D eigenvalue weighted by Crippen LogP contribution is -2.52. The topological polar surface area (TPSA) is 21.3 Å². The maximum absolute atomic E-state index is 6.00. The molecule has 0 aromatic carbocycles. The van der Waals surface area contributed by atoms with Crippen LogP contribution in [0.5, 0.6) is 0 Å². The van der Waals surface area contributed by atoms with Gasteiger partial charge in [0.1, 0.15) is 0 Å². The number of unbranched alkanes of at least 4 members (excludes halogenated alkanes) is 4. The summed E-state index contributed by atoms with van der Waals surface area (Å²) >= 11 is 0. The van der Waals surface area contributed by atoms with E-state index in [0.717, 1.165) is 5.92 Å². The molecule has 0 aromatic heterocycles. The van der Waals surface area contributed by atoms with E-state index >= 15 is 0 Å². The van der Waals surface area contributed by atoms with Crippen LogP contribution in [-0.4, -0.2) is 25.8 Å². The first-order valence-corrected chi connectivity index (χ1v) is 8.41. The van der Waals surface area contributed by atoms with Crippen molar-refractivity contribution < 1.29 is 4.74 Å². The van der Waals surface area contributed by atoms with E-state index in [1.165, 1.54) is 64.2 Å². The van der Waals surface area contributed by atoms with Crippen LogP contribution in [0.15, 0.2) is 0 Å². The van der Waals surface area contributed by atoms with Crippen molar-refractivity contribution in [1.82, 2.24) is 5.32 Å². The monoisotopic (exact) mass is 269 g/mol. The summed E-state index contributed by atoms with van der Waals surface area (Å²) < 4.78 is 6.00. The third-order valence-electron chi connectivity index (χ3n) is 5.11. The largest absolute Gasteiger partial charge is 0.377 e. The second-order valence-electron chi connectivity index (χ2n) is 6.50. The Morgan fingerprint density at radius 1 is 1.16 bits per heavy atom. The Morgan fingerprint density at radius 2 is 1.79 bits per heavy atom. The lowest BCUT2D eigenvalue weighted by atomic mass is 9.74. The third-order valence-corrected chi connectivity index (χ3v) is 5.11. The Bertz CT molecular complexity index is 221. The minimum atomic E-state index is 0.103. The highest BCUT2D eigenvalue weighted by atomic mass is 16.5. The Balaban J connectivity index is 2.41. The molecule has 1 N–H and O–H groups in total. The zero-order chi connectivity index (χ0) is 14.1. The molecule has 0 bridgehead atoms. The molecule has 0 saturated heterocycles. The molecular weight excluding hydrogens is 234 g/mol. The van der Waals surface area contributed by atoms with Gasteiger partial charge in [-0.3, -0.25) is 0 Å². The van der Waals surface area contributed by atoms with Gasteiger partial charge in [-0.15, -0.1) is 0 Å². The summed E-state index contributed by atoms with van der Waals surface area (Å²) in [5, 5.41) is 3.54. The zero-order valence-electron chi connectivity index (χ0n) is 13.6. The van der Waals surface area contributed by atoms with Gasteiger partial charge in [0.25, 0.3) is 0 Å². The van der Waals surface area contributed by atoms with Crippen LogP contribution in [0, 0.1) is 5.92 Å². The van der Waals surface area contributed by atoms with Crippen molar-refractivity contribution in [3.8, 4) is 0 Å². The van der Waals surface area contributed by atoms with E-state index < -0.39 is 0 Å². The molecule has 1 atom stereocenters. The Hall–Kier alpha value is -0.0800. The molecule has 2 heteroatoms. The van der Waals surface area contributed by atoms with Crippen LogP contribution in [0.2, 0.25) is 0 Å². The predicted octanol–water partition coefficient (Wildman–Crippen LogP) is 4.53.